The van der Waals surface area contributed by atoms with Crippen LogP contribution in [0.25, 0.3) is 0 Å². The van der Waals surface area contributed by atoms with Crippen LogP contribution in [0.1, 0.15) is 23.5 Å². The molecule has 1 aromatic carbocycles. The predicted molar refractivity (Wildman–Crippen MR) is 64.7 cm³/mol. The van der Waals surface area contributed by atoms with Crippen molar-refractivity contribution in [1.82, 2.24) is 4.90 Å². The number of amides is 1. The van der Waals surface area contributed by atoms with E-state index in [0.29, 0.717) is 6.42 Å². The van der Waals surface area contributed by atoms with Crippen LogP contribution in [0.15, 0.2) is 24.3 Å². The third kappa shape index (κ3) is 2.30. The van der Waals surface area contributed by atoms with Gasteiger partial charge in [0.25, 0.3) is 0 Å². The number of rotatable bonds is 2. The molecular formula is C13H15NO4. The van der Waals surface area contributed by atoms with Crippen molar-refractivity contribution >= 4 is 12.1 Å². The molecule has 2 atom stereocenters. The van der Waals surface area contributed by atoms with E-state index in [1.54, 1.807) is 0 Å². The average molecular weight is 249 g/mol. The number of carboxylic acid groups (broad SMARTS) is 2. The second-order valence-electron chi connectivity index (χ2n) is 4.64. The van der Waals surface area contributed by atoms with Crippen LogP contribution < -0.4 is 0 Å². The first kappa shape index (κ1) is 12.4. The van der Waals surface area contributed by atoms with Crippen molar-refractivity contribution in [2.24, 2.45) is 0 Å². The Hall–Kier alpha value is -2.04. The van der Waals surface area contributed by atoms with Gasteiger partial charge in [-0.2, -0.15) is 0 Å². The number of benzene rings is 1. The smallest absolute Gasteiger partial charge is 0.408 e. The molecule has 0 unspecified atom stereocenters. The van der Waals surface area contributed by atoms with Crippen LogP contribution in [-0.2, 0) is 4.79 Å². The second-order valence-corrected chi connectivity index (χ2v) is 4.64. The Bertz CT molecular complexity index is 464. The van der Waals surface area contributed by atoms with Crippen molar-refractivity contribution in [2.45, 2.75) is 25.3 Å². The van der Waals surface area contributed by atoms with Gasteiger partial charge < -0.3 is 10.2 Å². The molecule has 0 saturated carbocycles. The lowest BCUT2D eigenvalue weighted by atomic mass is 9.95. The van der Waals surface area contributed by atoms with Crippen LogP contribution in [-0.4, -0.2) is 39.8 Å². The van der Waals surface area contributed by atoms with Crippen LogP contribution in [0.3, 0.4) is 0 Å². The highest BCUT2D eigenvalue weighted by Crippen LogP contribution is 2.32. The number of nitrogens with zero attached hydrogens (tertiary/aromatic N) is 1. The molecule has 0 aliphatic carbocycles. The maximum Gasteiger partial charge on any atom is 0.408 e. The van der Waals surface area contributed by atoms with Gasteiger partial charge in [-0.05, 0) is 18.9 Å². The molecule has 0 aromatic heterocycles. The molecule has 2 rings (SSSR count). The standard InChI is InChI=1S/C13H15NO4/c1-8-3-2-4-9(5-8)10-6-11(12(15)16)14(7-10)13(17)18/h2-5,10-11H,6-7H2,1H3,(H,15,16)(H,17,18)/t10-,11+/m1/s1. The SMILES string of the molecule is Cc1cccc([C@@H]2C[C@@H](C(=O)O)N(C(=O)O)C2)c1. The minimum Gasteiger partial charge on any atom is -0.480 e. The molecule has 1 amide bonds. The van der Waals surface area contributed by atoms with Crippen molar-refractivity contribution in [3.63, 3.8) is 0 Å². The van der Waals surface area contributed by atoms with Crippen LogP contribution in [0.4, 0.5) is 4.79 Å². The molecular weight excluding hydrogens is 234 g/mol. The second kappa shape index (κ2) is 4.68. The lowest BCUT2D eigenvalue weighted by Crippen LogP contribution is -2.39. The van der Waals surface area contributed by atoms with Gasteiger partial charge in [0, 0.05) is 12.5 Å². The average Bonchev–Trinajstić information content (AvgIpc) is 2.73. The Morgan fingerprint density at radius 3 is 2.56 bits per heavy atom. The molecule has 1 aliphatic heterocycles. The number of carboxylic acids is 1. The molecule has 0 radical (unpaired) electrons. The fourth-order valence-corrected chi connectivity index (χ4v) is 2.45. The first-order valence-corrected chi connectivity index (χ1v) is 5.78. The molecule has 18 heavy (non-hydrogen) atoms. The molecule has 0 spiro atoms. The maximum atomic E-state index is 11.1. The summed E-state index contributed by atoms with van der Waals surface area (Å²) in [7, 11) is 0. The molecule has 5 heteroatoms. The summed E-state index contributed by atoms with van der Waals surface area (Å²) < 4.78 is 0. The van der Waals surface area contributed by atoms with Crippen molar-refractivity contribution in [2.75, 3.05) is 6.54 Å². The summed E-state index contributed by atoms with van der Waals surface area (Å²) in [5.41, 5.74) is 2.10. The molecule has 0 bridgehead atoms. The van der Waals surface area contributed by atoms with Crippen molar-refractivity contribution in [3.8, 4) is 0 Å². The van der Waals surface area contributed by atoms with Gasteiger partial charge in [0.1, 0.15) is 6.04 Å². The minimum atomic E-state index is -1.17. The molecule has 1 heterocycles. The lowest BCUT2D eigenvalue weighted by Gasteiger charge is -2.16. The van der Waals surface area contributed by atoms with E-state index in [-0.39, 0.29) is 12.5 Å². The van der Waals surface area contributed by atoms with E-state index in [2.05, 4.69) is 0 Å². The van der Waals surface area contributed by atoms with Gasteiger partial charge in [-0.25, -0.2) is 9.59 Å². The molecule has 1 aliphatic rings. The molecule has 1 saturated heterocycles. The first-order chi connectivity index (χ1) is 8.49. The van der Waals surface area contributed by atoms with Gasteiger partial charge in [-0.15, -0.1) is 0 Å². The van der Waals surface area contributed by atoms with E-state index < -0.39 is 18.1 Å². The third-order valence-electron chi connectivity index (χ3n) is 3.35. The summed E-state index contributed by atoms with van der Waals surface area (Å²) in [4.78, 5) is 23.1. The van der Waals surface area contributed by atoms with Crippen LogP contribution in [0, 0.1) is 6.92 Å². The number of aryl methyl sites for hydroxylation is 1. The summed E-state index contributed by atoms with van der Waals surface area (Å²) >= 11 is 0. The van der Waals surface area contributed by atoms with Gasteiger partial charge in [0.05, 0.1) is 0 Å². The largest absolute Gasteiger partial charge is 0.480 e. The number of hydrogen-bond donors (Lipinski definition) is 2. The van der Waals surface area contributed by atoms with E-state index in [4.69, 9.17) is 10.2 Å². The summed E-state index contributed by atoms with van der Waals surface area (Å²) in [5, 5.41) is 18.1. The summed E-state index contributed by atoms with van der Waals surface area (Å²) in [5.74, 6) is -1.12. The fourth-order valence-electron chi connectivity index (χ4n) is 2.45. The Balaban J connectivity index is 2.23. The molecule has 5 nitrogen and oxygen atoms in total. The quantitative estimate of drug-likeness (QED) is 0.839. The Morgan fingerprint density at radius 2 is 2.06 bits per heavy atom. The maximum absolute atomic E-state index is 11.1. The Kier molecular flexibility index (Phi) is 3.23. The zero-order valence-electron chi connectivity index (χ0n) is 10.0. The zero-order valence-corrected chi connectivity index (χ0v) is 10.0. The van der Waals surface area contributed by atoms with Crippen LogP contribution >= 0.6 is 0 Å². The van der Waals surface area contributed by atoms with E-state index in [9.17, 15) is 9.59 Å². The number of hydrogen-bond acceptors (Lipinski definition) is 2. The first-order valence-electron chi connectivity index (χ1n) is 5.78. The summed E-state index contributed by atoms with van der Waals surface area (Å²) in [6, 6.07) is 6.83. The molecule has 1 aromatic rings. The van der Waals surface area contributed by atoms with Gasteiger partial charge in [-0.3, -0.25) is 4.90 Å². The molecule has 2 N–H and O–H groups in total. The van der Waals surface area contributed by atoms with Gasteiger partial charge in [0.2, 0.25) is 0 Å². The van der Waals surface area contributed by atoms with Crippen molar-refractivity contribution < 1.29 is 19.8 Å². The van der Waals surface area contributed by atoms with E-state index in [0.717, 1.165) is 16.0 Å². The van der Waals surface area contributed by atoms with Gasteiger partial charge >= 0.3 is 12.1 Å². The van der Waals surface area contributed by atoms with E-state index in [1.165, 1.54) is 0 Å². The lowest BCUT2D eigenvalue weighted by molar-refractivity contribution is -0.141. The summed E-state index contributed by atoms with van der Waals surface area (Å²) in [6.07, 6.45) is -0.831. The topological polar surface area (TPSA) is 77.8 Å². The molecule has 96 valence electrons. The van der Waals surface area contributed by atoms with E-state index in [1.807, 2.05) is 31.2 Å². The van der Waals surface area contributed by atoms with Gasteiger partial charge in [-0.1, -0.05) is 29.8 Å². The monoisotopic (exact) mass is 249 g/mol. The fraction of sp³-hybridized carbons (Fsp3) is 0.385. The minimum absolute atomic E-state index is 0.0397. The number of likely N-dealkylation sites (tertiary alicyclic amines) is 1. The predicted octanol–water partition coefficient (Wildman–Crippen LogP) is 1.92. The molecule has 1 fully saturated rings. The highest BCUT2D eigenvalue weighted by atomic mass is 16.4. The Morgan fingerprint density at radius 1 is 1.33 bits per heavy atom. The highest BCUT2D eigenvalue weighted by Gasteiger charge is 2.40. The van der Waals surface area contributed by atoms with Crippen molar-refractivity contribution in [1.29, 1.82) is 0 Å². The summed E-state index contributed by atoms with van der Waals surface area (Å²) in [6.45, 7) is 2.21. The van der Waals surface area contributed by atoms with E-state index >= 15 is 0 Å². The zero-order chi connectivity index (χ0) is 13.3. The Labute approximate surface area is 105 Å². The van der Waals surface area contributed by atoms with Crippen molar-refractivity contribution in [3.05, 3.63) is 35.4 Å². The number of aliphatic carboxylic acids is 1. The number of carbonyl (C=O) groups is 2. The van der Waals surface area contributed by atoms with Gasteiger partial charge in [0.15, 0.2) is 0 Å². The van der Waals surface area contributed by atoms with Crippen LogP contribution in [0.2, 0.25) is 0 Å². The third-order valence-corrected chi connectivity index (χ3v) is 3.35. The normalized spacial score (nSPS) is 23.1. The van der Waals surface area contributed by atoms with Crippen LogP contribution in [0.5, 0.6) is 0 Å². The highest BCUT2D eigenvalue weighted by molar-refractivity contribution is 5.80.